The number of hydrogen-bond acceptors (Lipinski definition) is 7. The molecule has 1 saturated carbocycles. The number of fused-ring (bicyclic) bond motifs is 1. The molecule has 1 aliphatic rings. The van der Waals surface area contributed by atoms with Gasteiger partial charge in [0.25, 0.3) is 5.91 Å². The molecule has 190 valence electrons. The minimum absolute atomic E-state index is 0.112. The lowest BCUT2D eigenvalue weighted by Crippen LogP contribution is -2.40. The number of hydrogen-bond donors (Lipinski definition) is 2. The molecule has 8 nitrogen and oxygen atoms in total. The van der Waals surface area contributed by atoms with E-state index < -0.39 is 0 Å². The van der Waals surface area contributed by atoms with Gasteiger partial charge in [-0.1, -0.05) is 29.8 Å². The molecule has 37 heavy (non-hydrogen) atoms. The van der Waals surface area contributed by atoms with Crippen molar-refractivity contribution in [1.82, 2.24) is 20.3 Å². The largest absolute Gasteiger partial charge is 0.439 e. The van der Waals surface area contributed by atoms with Gasteiger partial charge < -0.3 is 20.3 Å². The third-order valence-electron chi connectivity index (χ3n) is 6.64. The van der Waals surface area contributed by atoms with Crippen LogP contribution >= 0.6 is 0 Å². The molecule has 0 spiro atoms. The normalized spacial score (nSPS) is 17.3. The smallest absolute Gasteiger partial charge is 0.253 e. The number of carbonyl (C=O) groups excluding carboxylic acids is 1. The molecule has 2 aromatic heterocycles. The molecule has 0 atom stereocenters. The molecule has 1 aliphatic carbocycles. The number of anilines is 2. The maximum atomic E-state index is 12.8. The van der Waals surface area contributed by atoms with Crippen LogP contribution < -0.4 is 20.3 Å². The number of rotatable bonds is 7. The first-order valence-electron chi connectivity index (χ1n) is 12.7. The number of para-hydroxylation sites is 1. The van der Waals surface area contributed by atoms with Crippen LogP contribution in [0, 0.1) is 6.92 Å². The van der Waals surface area contributed by atoms with Crippen LogP contribution in [0.4, 0.5) is 11.8 Å². The van der Waals surface area contributed by atoms with Crippen molar-refractivity contribution in [3.63, 3.8) is 0 Å². The minimum Gasteiger partial charge on any atom is -0.439 e. The molecular weight excluding hydrogens is 464 g/mol. The Balaban J connectivity index is 1.14. The average Bonchev–Trinajstić information content (AvgIpc) is 2.91. The highest BCUT2D eigenvalue weighted by atomic mass is 16.5. The summed E-state index contributed by atoms with van der Waals surface area (Å²) in [6, 6.07) is 19.7. The lowest BCUT2D eigenvalue weighted by molar-refractivity contribution is 0.0926. The summed E-state index contributed by atoms with van der Waals surface area (Å²) in [5, 5.41) is 7.71. The molecule has 1 fully saturated rings. The van der Waals surface area contributed by atoms with Crippen molar-refractivity contribution in [3.05, 3.63) is 78.0 Å². The molecular formula is C29H32N6O2. The zero-order valence-electron chi connectivity index (χ0n) is 21.4. The van der Waals surface area contributed by atoms with Gasteiger partial charge in [0.05, 0.1) is 11.1 Å². The second kappa shape index (κ2) is 10.8. The molecule has 1 amide bonds. The molecule has 5 rings (SSSR count). The van der Waals surface area contributed by atoms with Crippen LogP contribution in [0.3, 0.4) is 0 Å². The number of nitrogens with one attached hydrogen (secondary N) is 2. The monoisotopic (exact) mass is 496 g/mol. The van der Waals surface area contributed by atoms with Crippen molar-refractivity contribution in [3.8, 4) is 11.6 Å². The Bertz CT molecular complexity index is 1360. The second-order valence-corrected chi connectivity index (χ2v) is 9.75. The molecule has 2 aromatic carbocycles. The van der Waals surface area contributed by atoms with E-state index >= 15 is 0 Å². The van der Waals surface area contributed by atoms with Gasteiger partial charge in [0.2, 0.25) is 11.8 Å². The van der Waals surface area contributed by atoms with Gasteiger partial charge >= 0.3 is 0 Å². The van der Waals surface area contributed by atoms with Crippen molar-refractivity contribution < 1.29 is 9.53 Å². The van der Waals surface area contributed by atoms with E-state index in [9.17, 15) is 4.79 Å². The van der Waals surface area contributed by atoms with Crippen molar-refractivity contribution in [2.45, 2.75) is 44.7 Å². The molecule has 8 heteroatoms. The number of aromatic nitrogens is 3. The fraction of sp³-hybridized carbons (Fsp3) is 0.310. The number of nitrogens with zero attached hydrogens (tertiary/aromatic N) is 4. The van der Waals surface area contributed by atoms with E-state index in [1.54, 1.807) is 18.3 Å². The summed E-state index contributed by atoms with van der Waals surface area (Å²) in [5.41, 5.74) is 2.61. The summed E-state index contributed by atoms with van der Waals surface area (Å²) in [7, 11) is 3.99. The molecule has 0 aliphatic heterocycles. The van der Waals surface area contributed by atoms with E-state index in [0.29, 0.717) is 23.1 Å². The van der Waals surface area contributed by atoms with E-state index in [2.05, 4.69) is 15.6 Å². The van der Waals surface area contributed by atoms with E-state index in [-0.39, 0.29) is 18.0 Å². The van der Waals surface area contributed by atoms with E-state index in [1.165, 1.54) is 0 Å². The van der Waals surface area contributed by atoms with Gasteiger partial charge in [-0.2, -0.15) is 4.98 Å². The quantitative estimate of drug-likeness (QED) is 0.357. The predicted molar refractivity (Wildman–Crippen MR) is 146 cm³/mol. The first-order chi connectivity index (χ1) is 17.9. The number of ether oxygens (including phenoxy) is 1. The van der Waals surface area contributed by atoms with Gasteiger partial charge in [-0.25, -0.2) is 9.97 Å². The minimum atomic E-state index is -0.112. The van der Waals surface area contributed by atoms with Crippen LogP contribution in [-0.4, -0.2) is 47.0 Å². The number of amides is 1. The summed E-state index contributed by atoms with van der Waals surface area (Å²) in [6.07, 6.45) is 5.20. The maximum Gasteiger partial charge on any atom is 0.253 e. The fourth-order valence-corrected chi connectivity index (χ4v) is 4.60. The summed E-state index contributed by atoms with van der Waals surface area (Å²) in [6.45, 7) is 2.03. The van der Waals surface area contributed by atoms with Crippen LogP contribution in [0.5, 0.6) is 11.6 Å². The Hall–Kier alpha value is -4.20. The van der Waals surface area contributed by atoms with Crippen molar-refractivity contribution >= 4 is 28.6 Å². The Morgan fingerprint density at radius 2 is 1.65 bits per heavy atom. The fourth-order valence-electron chi connectivity index (χ4n) is 4.60. The zero-order valence-corrected chi connectivity index (χ0v) is 21.4. The van der Waals surface area contributed by atoms with E-state index in [1.807, 2.05) is 74.4 Å². The lowest BCUT2D eigenvalue weighted by Gasteiger charge is -2.30. The summed E-state index contributed by atoms with van der Waals surface area (Å²) >= 11 is 0. The Morgan fingerprint density at radius 3 is 2.35 bits per heavy atom. The Kier molecular flexibility index (Phi) is 7.16. The topological polar surface area (TPSA) is 92.3 Å². The number of carbonyl (C=O) groups is 1. The Labute approximate surface area is 217 Å². The first-order valence-corrected chi connectivity index (χ1v) is 12.7. The van der Waals surface area contributed by atoms with E-state index in [4.69, 9.17) is 14.7 Å². The summed E-state index contributed by atoms with van der Waals surface area (Å²) in [4.78, 5) is 28.6. The molecule has 0 radical (unpaired) electrons. The van der Waals surface area contributed by atoms with Gasteiger partial charge in [-0.15, -0.1) is 0 Å². The van der Waals surface area contributed by atoms with Crippen LogP contribution in [0.1, 0.15) is 41.6 Å². The van der Waals surface area contributed by atoms with Crippen LogP contribution in [0.25, 0.3) is 10.9 Å². The Morgan fingerprint density at radius 1 is 0.919 bits per heavy atom. The molecule has 0 bridgehead atoms. The first kappa shape index (κ1) is 24.5. The number of pyridine rings is 1. The third-order valence-corrected chi connectivity index (χ3v) is 6.64. The molecule has 4 aromatic rings. The zero-order chi connectivity index (χ0) is 25.8. The van der Waals surface area contributed by atoms with Crippen LogP contribution in [0.15, 0.2) is 66.9 Å². The van der Waals surface area contributed by atoms with Crippen molar-refractivity contribution in [2.75, 3.05) is 24.3 Å². The van der Waals surface area contributed by atoms with Gasteiger partial charge in [0.15, 0.2) is 0 Å². The van der Waals surface area contributed by atoms with Gasteiger partial charge in [-0.3, -0.25) is 4.79 Å². The standard InChI is InChI=1S/C29H32N6O2/c1-19-8-15-23(16-9-19)37-26-17-10-20(18-30-26)28(36)31-21-11-13-22(14-12-21)32-29-33-25-7-5-4-6-24(25)27(34-29)35(2)3/h4-10,15-18,21-22H,11-14H2,1-3H3,(H,31,36)(H,32,33,34). The highest BCUT2D eigenvalue weighted by molar-refractivity contribution is 5.94. The molecule has 0 unspecified atom stereocenters. The SMILES string of the molecule is Cc1ccc(Oc2ccc(C(=O)NC3CCC(Nc4nc(N(C)C)c5ccccc5n4)CC3)cn2)cc1. The molecule has 2 heterocycles. The van der Waals surface area contributed by atoms with Crippen molar-refractivity contribution in [2.24, 2.45) is 0 Å². The lowest BCUT2D eigenvalue weighted by atomic mass is 9.91. The highest BCUT2D eigenvalue weighted by Crippen LogP contribution is 2.26. The third kappa shape index (κ3) is 5.97. The van der Waals surface area contributed by atoms with Crippen molar-refractivity contribution in [1.29, 1.82) is 0 Å². The second-order valence-electron chi connectivity index (χ2n) is 9.75. The molecule has 2 N–H and O–H groups in total. The predicted octanol–water partition coefficient (Wildman–Crippen LogP) is 5.34. The van der Waals surface area contributed by atoms with E-state index in [0.717, 1.165) is 48.0 Å². The molecule has 0 saturated heterocycles. The number of benzene rings is 2. The van der Waals surface area contributed by atoms with Crippen LogP contribution in [0.2, 0.25) is 0 Å². The summed E-state index contributed by atoms with van der Waals surface area (Å²) < 4.78 is 5.76. The van der Waals surface area contributed by atoms with Gasteiger partial charge in [0.1, 0.15) is 11.6 Å². The van der Waals surface area contributed by atoms with Gasteiger partial charge in [0, 0.05) is 43.8 Å². The van der Waals surface area contributed by atoms with Crippen LogP contribution in [-0.2, 0) is 0 Å². The maximum absolute atomic E-state index is 12.8. The summed E-state index contributed by atoms with van der Waals surface area (Å²) in [5.74, 6) is 2.61. The highest BCUT2D eigenvalue weighted by Gasteiger charge is 2.24. The number of aryl methyl sites for hydroxylation is 1. The van der Waals surface area contributed by atoms with Gasteiger partial charge in [-0.05, 0) is 62.9 Å². The average molecular weight is 497 g/mol.